The molecule has 0 bridgehead atoms. The van der Waals surface area contributed by atoms with Crippen LogP contribution in [0.1, 0.15) is 37.0 Å². The summed E-state index contributed by atoms with van der Waals surface area (Å²) in [6.45, 7) is 4.28. The monoisotopic (exact) mass is 343 g/mol. The van der Waals surface area contributed by atoms with Gasteiger partial charge in [-0.1, -0.05) is 13.3 Å². The SMILES string of the molecule is CCCCNC(=O)C(C)Oc1cc(C(=O)O)ccc1Br. The third-order valence-corrected chi connectivity index (χ3v) is 3.34. The number of carbonyl (C=O) groups excluding carboxylic acids is 1. The van der Waals surface area contributed by atoms with Crippen LogP contribution in [0.2, 0.25) is 0 Å². The molecule has 1 rings (SSSR count). The van der Waals surface area contributed by atoms with Crippen LogP contribution in [0, 0.1) is 0 Å². The molecule has 0 radical (unpaired) electrons. The Kier molecular flexibility index (Phi) is 6.51. The number of carboxylic acid groups (broad SMARTS) is 1. The van der Waals surface area contributed by atoms with Crippen LogP contribution < -0.4 is 10.1 Å². The molecule has 0 heterocycles. The van der Waals surface area contributed by atoms with Crippen LogP contribution in [0.3, 0.4) is 0 Å². The number of benzene rings is 1. The van der Waals surface area contributed by atoms with Gasteiger partial charge in [-0.25, -0.2) is 4.79 Å². The first kappa shape index (κ1) is 16.5. The minimum absolute atomic E-state index is 0.113. The molecule has 1 amide bonds. The number of rotatable bonds is 7. The highest BCUT2D eigenvalue weighted by Gasteiger charge is 2.16. The number of amides is 1. The van der Waals surface area contributed by atoms with E-state index >= 15 is 0 Å². The van der Waals surface area contributed by atoms with Crippen molar-refractivity contribution < 1.29 is 19.4 Å². The smallest absolute Gasteiger partial charge is 0.335 e. The normalized spacial score (nSPS) is 11.8. The Balaban J connectivity index is 2.69. The number of carbonyl (C=O) groups is 2. The Bertz CT molecular complexity index is 490. The summed E-state index contributed by atoms with van der Waals surface area (Å²) in [6, 6.07) is 4.44. The highest BCUT2D eigenvalue weighted by molar-refractivity contribution is 9.10. The van der Waals surface area contributed by atoms with Crippen molar-refractivity contribution in [3.63, 3.8) is 0 Å². The van der Waals surface area contributed by atoms with Crippen molar-refractivity contribution in [1.82, 2.24) is 5.32 Å². The first-order valence-corrected chi connectivity index (χ1v) is 7.22. The molecule has 0 fully saturated rings. The van der Waals surface area contributed by atoms with Gasteiger partial charge in [0, 0.05) is 6.54 Å². The molecule has 1 aromatic rings. The van der Waals surface area contributed by atoms with E-state index in [9.17, 15) is 9.59 Å². The maximum absolute atomic E-state index is 11.8. The van der Waals surface area contributed by atoms with Gasteiger partial charge in [0.05, 0.1) is 10.0 Å². The Morgan fingerprint density at radius 3 is 2.75 bits per heavy atom. The standard InChI is InChI=1S/C14H18BrNO4/c1-3-4-7-16-13(17)9(2)20-12-8-10(14(18)19)5-6-11(12)15/h5-6,8-9H,3-4,7H2,1-2H3,(H,16,17)(H,18,19). The van der Waals surface area contributed by atoms with Crippen LogP contribution in [-0.2, 0) is 4.79 Å². The third kappa shape index (κ3) is 4.85. The largest absolute Gasteiger partial charge is 0.480 e. The summed E-state index contributed by atoms with van der Waals surface area (Å²) < 4.78 is 6.11. The lowest BCUT2D eigenvalue weighted by Crippen LogP contribution is -2.36. The van der Waals surface area contributed by atoms with E-state index in [-0.39, 0.29) is 11.5 Å². The van der Waals surface area contributed by atoms with Crippen LogP contribution in [-0.4, -0.2) is 29.6 Å². The highest BCUT2D eigenvalue weighted by Crippen LogP contribution is 2.27. The van der Waals surface area contributed by atoms with E-state index in [1.807, 2.05) is 6.92 Å². The molecule has 110 valence electrons. The second kappa shape index (κ2) is 7.89. The number of aromatic carboxylic acids is 1. The summed E-state index contributed by atoms with van der Waals surface area (Å²) in [5.41, 5.74) is 0.113. The molecule has 1 aromatic carbocycles. The van der Waals surface area contributed by atoms with Gasteiger partial charge < -0.3 is 15.2 Å². The van der Waals surface area contributed by atoms with Gasteiger partial charge in [-0.2, -0.15) is 0 Å². The molecule has 5 nitrogen and oxygen atoms in total. The van der Waals surface area contributed by atoms with Crippen LogP contribution in [0.4, 0.5) is 0 Å². The van der Waals surface area contributed by atoms with Crippen LogP contribution in [0.5, 0.6) is 5.75 Å². The van der Waals surface area contributed by atoms with Crippen LogP contribution in [0.25, 0.3) is 0 Å². The van der Waals surface area contributed by atoms with Gasteiger partial charge in [0.25, 0.3) is 5.91 Å². The third-order valence-electron chi connectivity index (χ3n) is 2.68. The molecule has 20 heavy (non-hydrogen) atoms. The molecule has 1 unspecified atom stereocenters. The Labute approximate surface area is 126 Å². The maximum Gasteiger partial charge on any atom is 0.335 e. The van der Waals surface area contributed by atoms with Gasteiger partial charge >= 0.3 is 5.97 Å². The van der Waals surface area contributed by atoms with Gasteiger partial charge in [-0.05, 0) is 47.5 Å². The fourth-order valence-electron chi connectivity index (χ4n) is 1.50. The first-order chi connectivity index (χ1) is 9.45. The van der Waals surface area contributed by atoms with E-state index in [0.717, 1.165) is 12.8 Å². The molecule has 6 heteroatoms. The van der Waals surface area contributed by atoms with Crippen molar-refractivity contribution in [3.05, 3.63) is 28.2 Å². The number of carboxylic acids is 1. The molecule has 2 N–H and O–H groups in total. The lowest BCUT2D eigenvalue weighted by molar-refractivity contribution is -0.127. The molecule has 0 aliphatic carbocycles. The minimum Gasteiger partial charge on any atom is -0.480 e. The van der Waals surface area contributed by atoms with Crippen molar-refractivity contribution in [2.45, 2.75) is 32.8 Å². The molecule has 0 spiro atoms. The van der Waals surface area contributed by atoms with Crippen molar-refractivity contribution >= 4 is 27.8 Å². The van der Waals surface area contributed by atoms with Crippen molar-refractivity contribution in [2.75, 3.05) is 6.54 Å². The Hall–Kier alpha value is -1.56. The summed E-state index contributed by atoms with van der Waals surface area (Å²) >= 11 is 3.27. The van der Waals surface area contributed by atoms with E-state index in [2.05, 4.69) is 21.2 Å². The fourth-order valence-corrected chi connectivity index (χ4v) is 1.84. The minimum atomic E-state index is -1.04. The number of nitrogens with one attached hydrogen (secondary N) is 1. The predicted molar refractivity (Wildman–Crippen MR) is 79.1 cm³/mol. The average molecular weight is 344 g/mol. The lowest BCUT2D eigenvalue weighted by Gasteiger charge is -2.16. The van der Waals surface area contributed by atoms with Gasteiger partial charge in [0.2, 0.25) is 0 Å². The van der Waals surface area contributed by atoms with Gasteiger partial charge in [-0.3, -0.25) is 4.79 Å². The van der Waals surface area contributed by atoms with Gasteiger partial charge in [-0.15, -0.1) is 0 Å². The Morgan fingerprint density at radius 2 is 2.15 bits per heavy atom. The van der Waals surface area contributed by atoms with E-state index in [1.54, 1.807) is 13.0 Å². The van der Waals surface area contributed by atoms with E-state index < -0.39 is 12.1 Å². The summed E-state index contributed by atoms with van der Waals surface area (Å²) in [5, 5.41) is 11.7. The Morgan fingerprint density at radius 1 is 1.45 bits per heavy atom. The molecular weight excluding hydrogens is 326 g/mol. The van der Waals surface area contributed by atoms with Crippen LogP contribution >= 0.6 is 15.9 Å². The highest BCUT2D eigenvalue weighted by atomic mass is 79.9. The topological polar surface area (TPSA) is 75.6 Å². The van der Waals surface area contributed by atoms with Crippen molar-refractivity contribution in [3.8, 4) is 5.75 Å². The second-order valence-electron chi connectivity index (χ2n) is 4.36. The molecule has 1 atom stereocenters. The number of halogens is 1. The second-order valence-corrected chi connectivity index (χ2v) is 5.21. The molecule has 0 aliphatic rings. The average Bonchev–Trinajstić information content (AvgIpc) is 2.41. The summed E-state index contributed by atoms with van der Waals surface area (Å²) in [4.78, 5) is 22.7. The summed E-state index contributed by atoms with van der Waals surface area (Å²) in [7, 11) is 0. The quantitative estimate of drug-likeness (QED) is 0.746. The molecule has 0 aromatic heterocycles. The zero-order chi connectivity index (χ0) is 15.1. The fraction of sp³-hybridized carbons (Fsp3) is 0.429. The zero-order valence-electron chi connectivity index (χ0n) is 11.5. The van der Waals surface area contributed by atoms with E-state index in [4.69, 9.17) is 9.84 Å². The van der Waals surface area contributed by atoms with E-state index in [0.29, 0.717) is 16.8 Å². The molecule has 0 aliphatic heterocycles. The number of ether oxygens (including phenoxy) is 1. The predicted octanol–water partition coefficient (Wildman–Crippen LogP) is 2.83. The maximum atomic E-state index is 11.8. The van der Waals surface area contributed by atoms with Crippen molar-refractivity contribution in [2.24, 2.45) is 0 Å². The van der Waals surface area contributed by atoms with Gasteiger partial charge in [0.1, 0.15) is 5.75 Å². The van der Waals surface area contributed by atoms with Crippen molar-refractivity contribution in [1.29, 1.82) is 0 Å². The van der Waals surface area contributed by atoms with Gasteiger partial charge in [0.15, 0.2) is 6.10 Å². The van der Waals surface area contributed by atoms with E-state index in [1.165, 1.54) is 12.1 Å². The molecule has 0 saturated carbocycles. The van der Waals surface area contributed by atoms with Crippen LogP contribution in [0.15, 0.2) is 22.7 Å². The zero-order valence-corrected chi connectivity index (χ0v) is 13.1. The summed E-state index contributed by atoms with van der Waals surface area (Å²) in [6.07, 6.45) is 1.23. The molecule has 0 saturated heterocycles. The lowest BCUT2D eigenvalue weighted by atomic mass is 10.2. The number of hydrogen-bond donors (Lipinski definition) is 2. The number of hydrogen-bond acceptors (Lipinski definition) is 3. The summed E-state index contributed by atoms with van der Waals surface area (Å²) in [5.74, 6) is -0.920. The first-order valence-electron chi connectivity index (χ1n) is 6.43. The number of unbranched alkanes of at least 4 members (excludes halogenated alkanes) is 1. The molecular formula is C14H18BrNO4.